The van der Waals surface area contributed by atoms with E-state index in [1.807, 2.05) is 27.7 Å². The van der Waals surface area contributed by atoms with E-state index in [9.17, 15) is 0 Å². The van der Waals surface area contributed by atoms with E-state index < -0.39 is 19.8 Å². The Morgan fingerprint density at radius 1 is 0.833 bits per heavy atom. The van der Waals surface area contributed by atoms with Crippen molar-refractivity contribution < 1.29 is 26.2 Å². The summed E-state index contributed by atoms with van der Waals surface area (Å²) in [6, 6.07) is 0. The minimum absolute atomic E-state index is 0. The van der Waals surface area contributed by atoms with Crippen molar-refractivity contribution in [3.05, 3.63) is 56.3 Å². The van der Waals surface area contributed by atoms with Crippen molar-refractivity contribution in [3.63, 3.8) is 0 Å². The number of hydrogen-bond donors (Lipinski definition) is 0. The van der Waals surface area contributed by atoms with Crippen molar-refractivity contribution in [3.8, 4) is 0 Å². The third kappa shape index (κ3) is 14.9. The van der Waals surface area contributed by atoms with Crippen LogP contribution in [0.5, 0.6) is 0 Å². The molecule has 2 nitrogen and oxygen atoms in total. The molecular weight excluding hydrogens is 478 g/mol. The average molecular weight is 513 g/mol. The molecule has 0 atom stereocenters. The van der Waals surface area contributed by atoms with E-state index in [0.29, 0.717) is 0 Å². The van der Waals surface area contributed by atoms with E-state index in [-0.39, 0.29) is 26.2 Å². The quantitative estimate of drug-likeness (QED) is 0.362. The molecule has 0 aromatic heterocycles. The summed E-state index contributed by atoms with van der Waals surface area (Å²) in [6.07, 6.45) is 16.1. The van der Waals surface area contributed by atoms with Crippen molar-refractivity contribution in [2.75, 3.05) is 26.2 Å². The second-order valence-corrected chi connectivity index (χ2v) is 12.7. The smallest absolute Gasteiger partial charge is 2.00 e. The fourth-order valence-electron chi connectivity index (χ4n) is 2.29. The van der Waals surface area contributed by atoms with Crippen LogP contribution in [-0.4, -0.2) is 45.9 Å². The number of hydrogen-bond acceptors (Lipinski definition) is 0. The van der Waals surface area contributed by atoms with Crippen molar-refractivity contribution in [2.24, 2.45) is 0 Å². The van der Waals surface area contributed by atoms with Crippen molar-refractivity contribution in [1.82, 2.24) is 0 Å². The van der Waals surface area contributed by atoms with Crippen molar-refractivity contribution in [1.29, 1.82) is 0 Å². The Kier molecular flexibility index (Phi) is 22.2. The van der Waals surface area contributed by atoms with Crippen LogP contribution in [0.3, 0.4) is 0 Å². The van der Waals surface area contributed by atoms with Gasteiger partial charge in [0.1, 0.15) is 0 Å². The van der Waals surface area contributed by atoms with E-state index >= 15 is 0 Å². The molecule has 133 valence electrons. The molecule has 1 radical (unpaired) electrons. The first-order chi connectivity index (χ1) is 11.2. The Morgan fingerprint density at radius 3 is 1.67 bits per heavy atom. The van der Waals surface area contributed by atoms with E-state index in [4.69, 9.17) is 0 Å². The molecule has 0 saturated carbocycles. The Hall–Kier alpha value is 0.562. The van der Waals surface area contributed by atoms with Crippen LogP contribution < -0.4 is 0 Å². The van der Waals surface area contributed by atoms with Crippen LogP contribution >= 0.6 is 0 Å². The molecule has 4 heteroatoms. The molecule has 0 saturated heterocycles. The summed E-state index contributed by atoms with van der Waals surface area (Å²) >= 11 is -1.18. The first-order valence-electron chi connectivity index (χ1n) is 8.98. The second kappa shape index (κ2) is 19.9. The Labute approximate surface area is 177 Å². The zero-order valence-electron chi connectivity index (χ0n) is 16.3. The maximum absolute atomic E-state index is 3.97. The molecule has 0 unspecified atom stereocenters. The van der Waals surface area contributed by atoms with E-state index in [0.717, 1.165) is 26.2 Å². The summed E-state index contributed by atoms with van der Waals surface area (Å²) in [6.45, 7) is 12.1. The molecule has 2 rings (SSSR count). The summed E-state index contributed by atoms with van der Waals surface area (Å²) in [7, 11) is 0. The molecule has 0 aliphatic heterocycles. The van der Waals surface area contributed by atoms with Crippen LogP contribution in [0, 0.1) is 0 Å². The van der Waals surface area contributed by atoms with Crippen LogP contribution in [-0.2, 0) is 26.2 Å². The largest absolute Gasteiger partial charge is 2.00 e. The van der Waals surface area contributed by atoms with Gasteiger partial charge in [-0.15, -0.1) is 0 Å². The van der Waals surface area contributed by atoms with Gasteiger partial charge in [-0.3, -0.25) is 0 Å². The SMILES string of the molecule is CC[N-]CC.CC[N-]CC.[CH3][Sn]([CH2]C1=CC=CC1)[C]1=CC=CC1.[Zr+2]. The molecule has 2 aliphatic carbocycles. The van der Waals surface area contributed by atoms with Gasteiger partial charge in [-0.2, -0.15) is 26.2 Å². The van der Waals surface area contributed by atoms with Gasteiger partial charge in [-0.05, 0) is 0 Å². The zero-order chi connectivity index (χ0) is 17.3. The maximum Gasteiger partial charge on any atom is 2.00 e. The van der Waals surface area contributed by atoms with E-state index in [2.05, 4.69) is 52.0 Å². The van der Waals surface area contributed by atoms with Gasteiger partial charge in [0.15, 0.2) is 0 Å². The van der Waals surface area contributed by atoms with Gasteiger partial charge < -0.3 is 10.6 Å². The van der Waals surface area contributed by atoms with Crippen LogP contribution in [0.25, 0.3) is 10.6 Å². The minimum atomic E-state index is -1.18. The summed E-state index contributed by atoms with van der Waals surface area (Å²) in [5.74, 6) is 0. The van der Waals surface area contributed by atoms with Gasteiger partial charge in [0.2, 0.25) is 0 Å². The van der Waals surface area contributed by atoms with Crippen molar-refractivity contribution >= 4 is 19.8 Å². The van der Waals surface area contributed by atoms with Crippen LogP contribution in [0.15, 0.2) is 45.6 Å². The third-order valence-corrected chi connectivity index (χ3v) is 10.6. The van der Waals surface area contributed by atoms with Crippen LogP contribution in [0.4, 0.5) is 0 Å². The Balaban J connectivity index is 0. The number of nitrogens with zero attached hydrogens (tertiary/aromatic N) is 2. The van der Waals surface area contributed by atoms with Crippen LogP contribution in [0.1, 0.15) is 40.5 Å². The summed E-state index contributed by atoms with van der Waals surface area (Å²) < 4.78 is 3.22. The Bertz CT molecular complexity index is 390. The molecule has 0 bridgehead atoms. The number of rotatable bonds is 7. The monoisotopic (exact) mass is 513 g/mol. The molecule has 0 spiro atoms. The molecule has 0 heterocycles. The van der Waals surface area contributed by atoms with E-state index in [1.165, 1.54) is 17.3 Å². The first-order valence-corrected chi connectivity index (χ1v) is 15.3. The molecule has 24 heavy (non-hydrogen) atoms. The maximum atomic E-state index is 3.97. The molecule has 0 fully saturated rings. The molecule has 2 aliphatic rings. The molecule has 0 aromatic carbocycles. The number of allylic oxidation sites excluding steroid dienone is 8. The minimum Gasteiger partial charge on any atom is 2.00 e. The second-order valence-electron chi connectivity index (χ2n) is 5.45. The van der Waals surface area contributed by atoms with Gasteiger partial charge in [-0.1, -0.05) is 27.7 Å². The average Bonchev–Trinajstić information content (AvgIpc) is 3.23. The molecule has 0 aromatic rings. The molecule has 0 N–H and O–H groups in total. The summed E-state index contributed by atoms with van der Waals surface area (Å²) in [5.41, 5.74) is 1.67. The summed E-state index contributed by atoms with van der Waals surface area (Å²) in [4.78, 5) is 2.53. The third-order valence-electron chi connectivity index (χ3n) is 3.55. The fraction of sp³-hybridized carbons (Fsp3) is 0.600. The fourth-order valence-corrected chi connectivity index (χ4v) is 8.05. The predicted octanol–water partition coefficient (Wildman–Crippen LogP) is 6.22. The molecule has 0 amide bonds. The van der Waals surface area contributed by atoms with Gasteiger partial charge in [0.25, 0.3) is 0 Å². The molecular formula is C20H35N2SnZr. The standard InChI is InChI=1S/C6H7.C5H5.2C4H10N.CH3.Sn.Zr/c1-6-4-2-3-5-6;1-2-4-5-3-1;2*1-3-5-4-2;;;/h2-4H,1,5H2;1-3H,4H2;2*3-4H2,1-2H3;1H3;;/q;;2*-1;;;+2. The normalized spacial score (nSPS) is 14.2. The van der Waals surface area contributed by atoms with E-state index in [1.54, 1.807) is 9.16 Å². The first kappa shape index (κ1) is 26.8. The van der Waals surface area contributed by atoms with Crippen LogP contribution in [0.2, 0.25) is 9.38 Å². The topological polar surface area (TPSA) is 28.2 Å². The zero-order valence-corrected chi connectivity index (χ0v) is 21.6. The Morgan fingerprint density at radius 2 is 1.33 bits per heavy atom. The van der Waals surface area contributed by atoms with Gasteiger partial charge in [0, 0.05) is 0 Å². The summed E-state index contributed by atoms with van der Waals surface area (Å²) in [5, 5.41) is 7.94. The van der Waals surface area contributed by atoms with Gasteiger partial charge in [0.05, 0.1) is 0 Å². The van der Waals surface area contributed by atoms with Crippen molar-refractivity contribution in [2.45, 2.75) is 49.9 Å². The predicted molar refractivity (Wildman–Crippen MR) is 109 cm³/mol. The van der Waals surface area contributed by atoms with Gasteiger partial charge >= 0.3 is 114 Å². The van der Waals surface area contributed by atoms with Gasteiger partial charge in [-0.25, -0.2) is 0 Å².